The third kappa shape index (κ3) is 61.2. The van der Waals surface area contributed by atoms with Gasteiger partial charge in [-0.15, -0.1) is 0 Å². The van der Waals surface area contributed by atoms with E-state index in [1.807, 2.05) is 6.08 Å². The first-order valence-corrected chi connectivity index (χ1v) is 32.2. The largest absolute Gasteiger partial charge is 0.462 e. The van der Waals surface area contributed by atoms with Gasteiger partial charge in [-0.3, -0.25) is 14.4 Å². The number of esters is 3. The van der Waals surface area contributed by atoms with Gasteiger partial charge in [0.2, 0.25) is 0 Å². The summed E-state index contributed by atoms with van der Waals surface area (Å²) >= 11 is 0. The summed E-state index contributed by atoms with van der Waals surface area (Å²) in [4.78, 5) is 38.2. The van der Waals surface area contributed by atoms with Crippen LogP contribution in [-0.2, 0) is 28.6 Å². The second-order valence-corrected chi connectivity index (χ2v) is 21.3. The molecule has 0 saturated heterocycles. The number of allylic oxidation sites excluding steroid dienone is 16. The van der Waals surface area contributed by atoms with Gasteiger partial charge in [-0.1, -0.05) is 279 Å². The van der Waals surface area contributed by atoms with Gasteiger partial charge in [0, 0.05) is 19.3 Å². The molecule has 1 unspecified atom stereocenters. The van der Waals surface area contributed by atoms with Gasteiger partial charge < -0.3 is 14.2 Å². The fraction of sp³-hybridized carbons (Fsp3) is 0.729. The number of unbranched alkanes of at least 4 members (excludes halogenated alkanes) is 31. The van der Waals surface area contributed by atoms with E-state index in [1.54, 1.807) is 0 Å². The molecule has 0 heterocycles. The molecule has 436 valence electrons. The molecule has 76 heavy (non-hydrogen) atoms. The first-order chi connectivity index (χ1) is 37.5. The smallest absolute Gasteiger partial charge is 0.306 e. The topological polar surface area (TPSA) is 78.9 Å². The van der Waals surface area contributed by atoms with Gasteiger partial charge in [0.05, 0.1) is 0 Å². The quantitative estimate of drug-likeness (QED) is 0.0261. The molecule has 0 aliphatic carbocycles. The summed E-state index contributed by atoms with van der Waals surface area (Å²) in [6.07, 6.45) is 85.8. The second-order valence-electron chi connectivity index (χ2n) is 21.3. The van der Waals surface area contributed by atoms with Crippen LogP contribution in [0.1, 0.15) is 310 Å². The average Bonchev–Trinajstić information content (AvgIpc) is 3.42. The van der Waals surface area contributed by atoms with Gasteiger partial charge in [-0.25, -0.2) is 0 Å². The van der Waals surface area contributed by atoms with Crippen molar-refractivity contribution in [2.24, 2.45) is 0 Å². The molecule has 0 amide bonds. The third-order valence-corrected chi connectivity index (χ3v) is 13.8. The number of hydrogen-bond donors (Lipinski definition) is 0. The van der Waals surface area contributed by atoms with E-state index >= 15 is 0 Å². The maximum Gasteiger partial charge on any atom is 0.306 e. The highest BCUT2D eigenvalue weighted by Gasteiger charge is 2.19. The Kier molecular flexibility index (Phi) is 60.8. The Balaban J connectivity index is 4.31. The summed E-state index contributed by atoms with van der Waals surface area (Å²) in [6.45, 7) is 6.45. The molecular weight excluding hydrogens is 937 g/mol. The van der Waals surface area contributed by atoms with Crippen LogP contribution >= 0.6 is 0 Å². The highest BCUT2D eigenvalue weighted by Crippen LogP contribution is 2.16. The van der Waals surface area contributed by atoms with Crippen molar-refractivity contribution >= 4 is 17.9 Å². The molecule has 6 nitrogen and oxygen atoms in total. The van der Waals surface area contributed by atoms with Crippen molar-refractivity contribution in [2.75, 3.05) is 13.2 Å². The molecule has 0 bridgehead atoms. The summed E-state index contributed by atoms with van der Waals surface area (Å²) in [6, 6.07) is 0. The highest BCUT2D eigenvalue weighted by molar-refractivity contribution is 5.71. The first kappa shape index (κ1) is 72.3. The Morgan fingerprint density at radius 2 is 0.539 bits per heavy atom. The van der Waals surface area contributed by atoms with E-state index < -0.39 is 6.10 Å². The zero-order valence-corrected chi connectivity index (χ0v) is 50.0. The lowest BCUT2D eigenvalue weighted by Gasteiger charge is -2.18. The SMILES string of the molecule is CC/C=C\C/C=C\C/C=C\C/C=C\CCC(=O)OCC(COC(=O)CCCCCCCCCCCCCCCCC/C=C\C/C=C\CCCCCCC)OC(=O)CCCCCCCCC/C=C\C/C=C\CCCCCC. The van der Waals surface area contributed by atoms with Crippen LogP contribution < -0.4 is 0 Å². The van der Waals surface area contributed by atoms with E-state index in [0.717, 1.165) is 83.5 Å². The molecule has 0 N–H and O–H groups in total. The van der Waals surface area contributed by atoms with Crippen molar-refractivity contribution in [3.8, 4) is 0 Å². The monoisotopic (exact) mass is 1060 g/mol. The summed E-state index contributed by atoms with van der Waals surface area (Å²) in [5.41, 5.74) is 0. The number of carbonyl (C=O) groups excluding carboxylic acids is 3. The van der Waals surface area contributed by atoms with Crippen molar-refractivity contribution in [2.45, 2.75) is 316 Å². The predicted molar refractivity (Wildman–Crippen MR) is 330 cm³/mol. The van der Waals surface area contributed by atoms with E-state index in [9.17, 15) is 14.4 Å². The lowest BCUT2D eigenvalue weighted by molar-refractivity contribution is -0.166. The van der Waals surface area contributed by atoms with Gasteiger partial charge in [0.1, 0.15) is 13.2 Å². The standard InChI is InChI=1S/C70H120O6/c1-4-7-10-13-16-19-22-25-27-29-31-32-33-34-35-36-37-38-39-41-42-45-48-51-54-57-60-63-69(72)75-66-67(65-74-68(71)62-59-56-53-50-47-44-24-21-18-15-12-9-6-3)76-70(73)64-61-58-55-52-49-46-43-40-30-28-26-23-20-17-14-11-8-5-2/h9,12,18,20-23,25,28-31,44,47,53,56,67H,4-8,10-11,13-17,19,24,26-27,32-43,45-46,48-52,54-55,57-66H2,1-3H3/b12-9-,21-18-,23-20-,25-22-,30-28-,31-29-,47-44-,56-53-. The van der Waals surface area contributed by atoms with E-state index in [4.69, 9.17) is 14.2 Å². The van der Waals surface area contributed by atoms with Crippen LogP contribution in [0.25, 0.3) is 0 Å². The molecule has 1 atom stereocenters. The molecule has 0 aromatic rings. The molecule has 0 rings (SSSR count). The van der Waals surface area contributed by atoms with Gasteiger partial charge >= 0.3 is 17.9 Å². The van der Waals surface area contributed by atoms with Crippen LogP contribution in [0.4, 0.5) is 0 Å². The van der Waals surface area contributed by atoms with Crippen LogP contribution in [0.2, 0.25) is 0 Å². The minimum atomic E-state index is -0.812. The zero-order chi connectivity index (χ0) is 55.0. The normalized spacial score (nSPS) is 12.7. The zero-order valence-electron chi connectivity index (χ0n) is 50.0. The molecular formula is C70H120O6. The molecule has 0 fully saturated rings. The molecule has 0 radical (unpaired) electrons. The van der Waals surface area contributed by atoms with Crippen molar-refractivity contribution in [3.63, 3.8) is 0 Å². The number of hydrogen-bond acceptors (Lipinski definition) is 6. The van der Waals surface area contributed by atoms with Crippen LogP contribution in [0.15, 0.2) is 97.2 Å². The average molecular weight is 1060 g/mol. The third-order valence-electron chi connectivity index (χ3n) is 13.8. The van der Waals surface area contributed by atoms with Gasteiger partial charge in [0.25, 0.3) is 0 Å². The van der Waals surface area contributed by atoms with Gasteiger partial charge in [0.15, 0.2) is 6.10 Å². The fourth-order valence-electron chi connectivity index (χ4n) is 8.99. The van der Waals surface area contributed by atoms with Crippen molar-refractivity contribution in [3.05, 3.63) is 97.2 Å². The molecule has 0 aromatic carbocycles. The lowest BCUT2D eigenvalue weighted by atomic mass is 10.0. The molecule has 0 aromatic heterocycles. The molecule has 6 heteroatoms. The summed E-state index contributed by atoms with van der Waals surface area (Å²) < 4.78 is 16.8. The van der Waals surface area contributed by atoms with Crippen LogP contribution in [0.3, 0.4) is 0 Å². The van der Waals surface area contributed by atoms with E-state index in [0.29, 0.717) is 19.3 Å². The maximum absolute atomic E-state index is 12.9. The Hall–Kier alpha value is -3.67. The number of ether oxygens (including phenoxy) is 3. The Bertz CT molecular complexity index is 1490. The molecule has 0 aliphatic rings. The van der Waals surface area contributed by atoms with E-state index in [2.05, 4.69) is 112 Å². The second kappa shape index (κ2) is 63.9. The predicted octanol–water partition coefficient (Wildman–Crippen LogP) is 22.0. The van der Waals surface area contributed by atoms with E-state index in [1.165, 1.54) is 180 Å². The summed E-state index contributed by atoms with van der Waals surface area (Å²) in [5, 5.41) is 0. The minimum absolute atomic E-state index is 0.102. The highest BCUT2D eigenvalue weighted by atomic mass is 16.6. The summed E-state index contributed by atoms with van der Waals surface area (Å²) in [7, 11) is 0. The van der Waals surface area contributed by atoms with Crippen LogP contribution in [0, 0.1) is 0 Å². The van der Waals surface area contributed by atoms with Crippen LogP contribution in [0.5, 0.6) is 0 Å². The van der Waals surface area contributed by atoms with Gasteiger partial charge in [-0.05, 0) is 109 Å². The Labute approximate surface area is 470 Å². The Morgan fingerprint density at radius 3 is 0.895 bits per heavy atom. The van der Waals surface area contributed by atoms with Crippen molar-refractivity contribution in [1.82, 2.24) is 0 Å². The molecule has 0 saturated carbocycles. The van der Waals surface area contributed by atoms with Crippen molar-refractivity contribution < 1.29 is 28.6 Å². The fourth-order valence-corrected chi connectivity index (χ4v) is 8.99. The maximum atomic E-state index is 12.9. The van der Waals surface area contributed by atoms with Crippen molar-refractivity contribution in [1.29, 1.82) is 0 Å². The Morgan fingerprint density at radius 1 is 0.276 bits per heavy atom. The minimum Gasteiger partial charge on any atom is -0.462 e. The first-order valence-electron chi connectivity index (χ1n) is 32.2. The van der Waals surface area contributed by atoms with E-state index in [-0.39, 0.29) is 37.5 Å². The lowest BCUT2D eigenvalue weighted by Crippen LogP contribution is -2.30. The molecule has 0 spiro atoms. The summed E-state index contributed by atoms with van der Waals surface area (Å²) in [5.74, 6) is -0.986. The molecule has 0 aliphatic heterocycles. The number of carbonyl (C=O) groups is 3. The van der Waals surface area contributed by atoms with Gasteiger partial charge in [-0.2, -0.15) is 0 Å². The van der Waals surface area contributed by atoms with Crippen LogP contribution in [-0.4, -0.2) is 37.2 Å². The number of rotatable bonds is 58.